The summed E-state index contributed by atoms with van der Waals surface area (Å²) in [6, 6.07) is 0.120. The number of carbonyl (C=O) groups is 1. The van der Waals surface area contributed by atoms with Crippen LogP contribution in [0.1, 0.15) is 28.2 Å². The second-order valence-electron chi connectivity index (χ2n) is 4.12. The van der Waals surface area contributed by atoms with Crippen molar-refractivity contribution in [1.82, 2.24) is 15.1 Å². The molecule has 2 rings (SSSR count). The Hall–Kier alpha value is -1.07. The molecule has 3 N–H and O–H groups in total. The van der Waals surface area contributed by atoms with Gasteiger partial charge in [-0.15, -0.1) is 12.4 Å². The zero-order valence-electron chi connectivity index (χ0n) is 9.49. The topological polar surface area (TPSA) is 75.0 Å². The van der Waals surface area contributed by atoms with Gasteiger partial charge in [-0.2, -0.15) is 5.10 Å². The van der Waals surface area contributed by atoms with Crippen molar-refractivity contribution < 1.29 is 4.79 Å². The van der Waals surface area contributed by atoms with Gasteiger partial charge in [0, 0.05) is 30.4 Å². The number of hydrogen-bond donors (Lipinski definition) is 2. The van der Waals surface area contributed by atoms with Crippen molar-refractivity contribution in [2.75, 3.05) is 13.1 Å². The van der Waals surface area contributed by atoms with E-state index >= 15 is 0 Å². The van der Waals surface area contributed by atoms with Crippen LogP contribution in [0.5, 0.6) is 0 Å². The van der Waals surface area contributed by atoms with E-state index in [1.807, 2.05) is 13.8 Å². The molecule has 0 aliphatic carbocycles. The molecule has 1 unspecified atom stereocenters. The van der Waals surface area contributed by atoms with Gasteiger partial charge in [-0.3, -0.25) is 9.89 Å². The number of halogens is 1. The average molecular weight is 245 g/mol. The molecule has 2 heterocycles. The molecule has 0 radical (unpaired) electrons. The first-order chi connectivity index (χ1) is 7.09. The molecule has 0 spiro atoms. The maximum atomic E-state index is 12.0. The Bertz CT molecular complexity index is 390. The lowest BCUT2D eigenvalue weighted by Gasteiger charge is -2.14. The van der Waals surface area contributed by atoms with Gasteiger partial charge in [0.1, 0.15) is 0 Å². The summed E-state index contributed by atoms with van der Waals surface area (Å²) in [5.74, 6) is -0.00944. The maximum Gasteiger partial charge on any atom is 0.274 e. The Morgan fingerprint density at radius 3 is 2.69 bits per heavy atom. The number of aromatic nitrogens is 2. The van der Waals surface area contributed by atoms with Crippen molar-refractivity contribution in [2.24, 2.45) is 5.73 Å². The van der Waals surface area contributed by atoms with E-state index in [2.05, 4.69) is 10.2 Å². The SMILES string of the molecule is Cc1[nH]nc(C(=O)N2CCC(N)C2)c1C.Cl. The molecule has 1 fully saturated rings. The molecule has 1 aliphatic rings. The molecule has 1 atom stereocenters. The lowest BCUT2D eigenvalue weighted by molar-refractivity contribution is 0.0784. The van der Waals surface area contributed by atoms with Crippen molar-refractivity contribution in [2.45, 2.75) is 26.3 Å². The molecule has 1 saturated heterocycles. The van der Waals surface area contributed by atoms with Crippen LogP contribution < -0.4 is 5.73 Å². The van der Waals surface area contributed by atoms with Crippen LogP contribution in [0.15, 0.2) is 0 Å². The van der Waals surface area contributed by atoms with Gasteiger partial charge in [0.2, 0.25) is 0 Å². The average Bonchev–Trinajstić information content (AvgIpc) is 2.75. The van der Waals surface area contributed by atoms with E-state index in [4.69, 9.17) is 5.73 Å². The number of nitrogens with zero attached hydrogens (tertiary/aromatic N) is 2. The molecular formula is C10H17ClN4O. The number of likely N-dealkylation sites (tertiary alicyclic amines) is 1. The summed E-state index contributed by atoms with van der Waals surface area (Å²) in [7, 11) is 0. The molecule has 6 heteroatoms. The fourth-order valence-electron chi connectivity index (χ4n) is 1.81. The van der Waals surface area contributed by atoms with Gasteiger partial charge in [-0.25, -0.2) is 0 Å². The van der Waals surface area contributed by atoms with Crippen molar-refractivity contribution in [1.29, 1.82) is 0 Å². The highest BCUT2D eigenvalue weighted by molar-refractivity contribution is 5.94. The van der Waals surface area contributed by atoms with Crippen LogP contribution in [0, 0.1) is 13.8 Å². The largest absolute Gasteiger partial charge is 0.336 e. The Kier molecular flexibility index (Phi) is 3.93. The number of nitrogens with two attached hydrogens (primary N) is 1. The van der Waals surface area contributed by atoms with E-state index in [0.717, 1.165) is 24.2 Å². The van der Waals surface area contributed by atoms with Crippen LogP contribution >= 0.6 is 12.4 Å². The number of nitrogens with one attached hydrogen (secondary N) is 1. The summed E-state index contributed by atoms with van der Waals surface area (Å²) in [6.45, 7) is 5.20. The number of amides is 1. The Labute approximate surface area is 101 Å². The number of aryl methyl sites for hydroxylation is 1. The number of carbonyl (C=O) groups excluding carboxylic acids is 1. The highest BCUT2D eigenvalue weighted by atomic mass is 35.5. The minimum absolute atomic E-state index is 0. The first-order valence-electron chi connectivity index (χ1n) is 5.16. The van der Waals surface area contributed by atoms with Crippen molar-refractivity contribution in [3.8, 4) is 0 Å². The quantitative estimate of drug-likeness (QED) is 0.761. The molecule has 5 nitrogen and oxygen atoms in total. The van der Waals surface area contributed by atoms with Crippen LogP contribution in [0.3, 0.4) is 0 Å². The standard InChI is InChI=1S/C10H16N4O.ClH/c1-6-7(2)12-13-9(6)10(15)14-4-3-8(11)5-14;/h8H,3-5,11H2,1-2H3,(H,12,13);1H. The number of H-pyrrole nitrogens is 1. The fourth-order valence-corrected chi connectivity index (χ4v) is 1.81. The van der Waals surface area contributed by atoms with Crippen LogP contribution in [-0.4, -0.2) is 40.1 Å². The molecule has 16 heavy (non-hydrogen) atoms. The number of aromatic amines is 1. The van der Waals surface area contributed by atoms with Crippen molar-refractivity contribution >= 4 is 18.3 Å². The lowest BCUT2D eigenvalue weighted by atomic mass is 10.2. The first-order valence-corrected chi connectivity index (χ1v) is 5.16. The van der Waals surface area contributed by atoms with Crippen LogP contribution in [0.25, 0.3) is 0 Å². The summed E-state index contributed by atoms with van der Waals surface area (Å²) in [4.78, 5) is 13.8. The minimum Gasteiger partial charge on any atom is -0.336 e. The molecule has 1 aromatic heterocycles. The van der Waals surface area contributed by atoms with Crippen molar-refractivity contribution in [3.05, 3.63) is 17.0 Å². The van der Waals surface area contributed by atoms with Gasteiger partial charge in [-0.1, -0.05) is 0 Å². The normalized spacial score (nSPS) is 19.7. The monoisotopic (exact) mass is 244 g/mol. The molecule has 0 aromatic carbocycles. The van der Waals surface area contributed by atoms with E-state index in [1.165, 1.54) is 0 Å². The summed E-state index contributed by atoms with van der Waals surface area (Å²) in [5, 5.41) is 6.85. The van der Waals surface area contributed by atoms with Gasteiger partial charge in [0.25, 0.3) is 5.91 Å². The Morgan fingerprint density at radius 2 is 2.25 bits per heavy atom. The number of hydrogen-bond acceptors (Lipinski definition) is 3. The van der Waals surface area contributed by atoms with Gasteiger partial charge < -0.3 is 10.6 Å². The maximum absolute atomic E-state index is 12.0. The van der Waals surface area contributed by atoms with E-state index in [1.54, 1.807) is 4.90 Å². The second-order valence-corrected chi connectivity index (χ2v) is 4.12. The van der Waals surface area contributed by atoms with Gasteiger partial charge in [0.05, 0.1) is 0 Å². The van der Waals surface area contributed by atoms with Gasteiger partial charge in [-0.05, 0) is 20.3 Å². The molecule has 0 saturated carbocycles. The summed E-state index contributed by atoms with van der Waals surface area (Å²) < 4.78 is 0. The van der Waals surface area contributed by atoms with E-state index < -0.39 is 0 Å². The smallest absolute Gasteiger partial charge is 0.274 e. The molecule has 1 amide bonds. The van der Waals surface area contributed by atoms with Crippen molar-refractivity contribution in [3.63, 3.8) is 0 Å². The van der Waals surface area contributed by atoms with E-state index in [-0.39, 0.29) is 24.4 Å². The first kappa shape index (κ1) is 13.0. The van der Waals surface area contributed by atoms with E-state index in [9.17, 15) is 4.79 Å². The molecular weight excluding hydrogens is 228 g/mol. The van der Waals surface area contributed by atoms with Crippen LogP contribution in [0.2, 0.25) is 0 Å². The fraction of sp³-hybridized carbons (Fsp3) is 0.600. The third-order valence-electron chi connectivity index (χ3n) is 2.97. The molecule has 0 bridgehead atoms. The lowest BCUT2D eigenvalue weighted by Crippen LogP contribution is -2.32. The zero-order valence-corrected chi connectivity index (χ0v) is 10.3. The third-order valence-corrected chi connectivity index (χ3v) is 2.97. The predicted molar refractivity (Wildman–Crippen MR) is 63.8 cm³/mol. The molecule has 1 aliphatic heterocycles. The summed E-state index contributed by atoms with van der Waals surface area (Å²) in [5.41, 5.74) is 8.17. The summed E-state index contributed by atoms with van der Waals surface area (Å²) in [6.07, 6.45) is 0.883. The Balaban J connectivity index is 0.00000128. The van der Waals surface area contributed by atoms with E-state index in [0.29, 0.717) is 12.2 Å². The summed E-state index contributed by atoms with van der Waals surface area (Å²) >= 11 is 0. The molecule has 90 valence electrons. The van der Waals surface area contributed by atoms with Crippen LogP contribution in [0.4, 0.5) is 0 Å². The minimum atomic E-state index is -0.00944. The van der Waals surface area contributed by atoms with Gasteiger partial charge >= 0.3 is 0 Å². The highest BCUT2D eigenvalue weighted by Crippen LogP contribution is 2.15. The predicted octanol–water partition coefficient (Wildman–Crippen LogP) is 0.622. The highest BCUT2D eigenvalue weighted by Gasteiger charge is 2.27. The molecule has 1 aromatic rings. The van der Waals surface area contributed by atoms with Crippen LogP contribution in [-0.2, 0) is 0 Å². The third kappa shape index (κ3) is 2.20. The number of rotatable bonds is 1. The Morgan fingerprint density at radius 1 is 1.56 bits per heavy atom. The zero-order chi connectivity index (χ0) is 11.0. The van der Waals surface area contributed by atoms with Gasteiger partial charge in [0.15, 0.2) is 5.69 Å². The second kappa shape index (κ2) is 4.84.